The Hall–Kier alpha value is -2.91. The van der Waals surface area contributed by atoms with Gasteiger partial charge in [-0.05, 0) is 36.6 Å². The van der Waals surface area contributed by atoms with E-state index in [0.29, 0.717) is 20.8 Å². The molecule has 2 heterocycles. The van der Waals surface area contributed by atoms with Crippen molar-refractivity contribution in [3.8, 4) is 5.75 Å². The molecule has 0 aliphatic carbocycles. The highest BCUT2D eigenvalue weighted by Gasteiger charge is 2.22. The van der Waals surface area contributed by atoms with Gasteiger partial charge in [0.05, 0.1) is 18.4 Å². The Labute approximate surface area is 182 Å². The zero-order chi connectivity index (χ0) is 20.9. The van der Waals surface area contributed by atoms with Crippen molar-refractivity contribution in [2.24, 2.45) is 0 Å². The maximum absolute atomic E-state index is 12.8. The van der Waals surface area contributed by atoms with Gasteiger partial charge in [0, 0.05) is 12.2 Å². The summed E-state index contributed by atoms with van der Waals surface area (Å²) in [6.07, 6.45) is 1.96. The van der Waals surface area contributed by atoms with Gasteiger partial charge in [0.1, 0.15) is 5.75 Å². The smallest absolute Gasteiger partial charge is 0.261 e. The summed E-state index contributed by atoms with van der Waals surface area (Å²) < 4.78 is 5.85. The highest BCUT2D eigenvalue weighted by molar-refractivity contribution is 8.01. The number of benzene rings is 2. The summed E-state index contributed by atoms with van der Waals surface area (Å²) in [5.74, 6) is 0.480. The zero-order valence-corrected chi connectivity index (χ0v) is 18.0. The molecule has 0 radical (unpaired) electrons. The molecular weight excluding hydrogens is 420 g/mol. The lowest BCUT2D eigenvalue weighted by Gasteiger charge is -2.29. The molecule has 0 saturated carbocycles. The SMILES string of the molecule is COc1ccccc1C(=O)Nc1nnc(SCC(=O)N2CCCc3ccccc32)s1. The van der Waals surface area contributed by atoms with Crippen LogP contribution >= 0.6 is 23.1 Å². The Balaban J connectivity index is 1.36. The van der Waals surface area contributed by atoms with Crippen LogP contribution in [-0.4, -0.2) is 41.4 Å². The third-order valence-corrected chi connectivity index (χ3v) is 6.67. The summed E-state index contributed by atoms with van der Waals surface area (Å²) in [5.41, 5.74) is 2.62. The van der Waals surface area contributed by atoms with Crippen LogP contribution in [0.25, 0.3) is 0 Å². The highest BCUT2D eigenvalue weighted by atomic mass is 32.2. The fourth-order valence-corrected chi connectivity index (χ4v) is 4.93. The number of nitrogens with one attached hydrogen (secondary N) is 1. The number of fused-ring (bicyclic) bond motifs is 1. The average molecular weight is 441 g/mol. The number of hydrogen-bond acceptors (Lipinski definition) is 7. The van der Waals surface area contributed by atoms with Gasteiger partial charge in [-0.1, -0.05) is 53.4 Å². The van der Waals surface area contributed by atoms with Gasteiger partial charge < -0.3 is 9.64 Å². The molecule has 3 aromatic rings. The Kier molecular flexibility index (Phi) is 6.29. The number of rotatable bonds is 6. The van der Waals surface area contributed by atoms with Crippen LogP contribution in [0.15, 0.2) is 52.9 Å². The summed E-state index contributed by atoms with van der Waals surface area (Å²) in [6, 6.07) is 15.0. The molecule has 0 fully saturated rings. The molecule has 154 valence electrons. The highest BCUT2D eigenvalue weighted by Crippen LogP contribution is 2.30. The number of methoxy groups -OCH3 is 1. The van der Waals surface area contributed by atoms with Crippen molar-refractivity contribution in [2.75, 3.05) is 29.6 Å². The van der Waals surface area contributed by atoms with Crippen LogP contribution in [-0.2, 0) is 11.2 Å². The van der Waals surface area contributed by atoms with Gasteiger partial charge in [0.2, 0.25) is 11.0 Å². The van der Waals surface area contributed by atoms with Crippen molar-refractivity contribution < 1.29 is 14.3 Å². The second-order valence-corrected chi connectivity index (χ2v) is 8.79. The van der Waals surface area contributed by atoms with Crippen LogP contribution in [0.3, 0.4) is 0 Å². The van der Waals surface area contributed by atoms with E-state index in [-0.39, 0.29) is 17.6 Å². The molecule has 1 aromatic heterocycles. The van der Waals surface area contributed by atoms with E-state index in [1.165, 1.54) is 35.8 Å². The molecule has 2 aromatic carbocycles. The number of aryl methyl sites for hydroxylation is 1. The fraction of sp³-hybridized carbons (Fsp3) is 0.238. The van der Waals surface area contributed by atoms with Gasteiger partial charge in [0.25, 0.3) is 5.91 Å². The largest absolute Gasteiger partial charge is 0.496 e. The Morgan fingerprint density at radius 2 is 1.97 bits per heavy atom. The van der Waals surface area contributed by atoms with Crippen molar-refractivity contribution in [2.45, 2.75) is 17.2 Å². The van der Waals surface area contributed by atoms with Crippen LogP contribution in [0, 0.1) is 0 Å². The first-order chi connectivity index (χ1) is 14.7. The molecule has 0 atom stereocenters. The third-order valence-electron chi connectivity index (χ3n) is 4.71. The third kappa shape index (κ3) is 4.47. The minimum atomic E-state index is -0.318. The van der Waals surface area contributed by atoms with Crippen molar-refractivity contribution >= 4 is 45.7 Å². The molecule has 30 heavy (non-hydrogen) atoms. The van der Waals surface area contributed by atoms with Gasteiger partial charge in [-0.3, -0.25) is 14.9 Å². The maximum atomic E-state index is 12.8. The molecular formula is C21H20N4O3S2. The van der Waals surface area contributed by atoms with E-state index >= 15 is 0 Å². The lowest BCUT2D eigenvalue weighted by atomic mass is 10.0. The number of para-hydroxylation sites is 2. The van der Waals surface area contributed by atoms with E-state index in [1.807, 2.05) is 23.1 Å². The quantitative estimate of drug-likeness (QED) is 0.463. The molecule has 7 nitrogen and oxygen atoms in total. The maximum Gasteiger partial charge on any atom is 0.261 e. The van der Waals surface area contributed by atoms with Gasteiger partial charge in [0.15, 0.2) is 4.34 Å². The first kappa shape index (κ1) is 20.4. The topological polar surface area (TPSA) is 84.4 Å². The van der Waals surface area contributed by atoms with Gasteiger partial charge in [-0.25, -0.2) is 0 Å². The molecule has 0 unspecified atom stereocenters. The van der Waals surface area contributed by atoms with Gasteiger partial charge in [-0.2, -0.15) is 0 Å². The number of carbonyl (C=O) groups excluding carboxylic acids is 2. The molecule has 0 bridgehead atoms. The number of hydrogen-bond donors (Lipinski definition) is 1. The van der Waals surface area contributed by atoms with E-state index < -0.39 is 0 Å². The Morgan fingerprint density at radius 3 is 2.83 bits per heavy atom. The van der Waals surface area contributed by atoms with Crippen LogP contribution < -0.4 is 15.0 Å². The fourth-order valence-electron chi connectivity index (χ4n) is 3.31. The lowest BCUT2D eigenvalue weighted by Crippen LogP contribution is -2.36. The van der Waals surface area contributed by atoms with E-state index in [0.717, 1.165) is 25.1 Å². The minimum Gasteiger partial charge on any atom is -0.496 e. The number of ether oxygens (including phenoxy) is 1. The van der Waals surface area contributed by atoms with Crippen molar-refractivity contribution in [1.82, 2.24) is 10.2 Å². The first-order valence-electron chi connectivity index (χ1n) is 9.44. The summed E-state index contributed by atoms with van der Waals surface area (Å²) in [5, 5.41) is 11.2. The second-order valence-electron chi connectivity index (χ2n) is 6.59. The van der Waals surface area contributed by atoms with Gasteiger partial charge in [-0.15, -0.1) is 10.2 Å². The normalized spacial score (nSPS) is 12.9. The molecule has 2 amide bonds. The van der Waals surface area contributed by atoms with Gasteiger partial charge >= 0.3 is 0 Å². The zero-order valence-electron chi connectivity index (χ0n) is 16.3. The van der Waals surface area contributed by atoms with E-state index in [4.69, 9.17) is 4.74 Å². The molecule has 9 heteroatoms. The molecule has 4 rings (SSSR count). The van der Waals surface area contributed by atoms with Crippen LogP contribution in [0.4, 0.5) is 10.8 Å². The Bertz CT molecular complexity index is 1070. The van der Waals surface area contributed by atoms with E-state index in [9.17, 15) is 9.59 Å². The number of thioether (sulfide) groups is 1. The van der Waals surface area contributed by atoms with Crippen molar-refractivity contribution in [3.05, 3.63) is 59.7 Å². The predicted octanol–water partition coefficient (Wildman–Crippen LogP) is 3.87. The molecule has 0 saturated heterocycles. The first-order valence-corrected chi connectivity index (χ1v) is 11.2. The predicted molar refractivity (Wildman–Crippen MR) is 119 cm³/mol. The number of carbonyl (C=O) groups is 2. The minimum absolute atomic E-state index is 0.0435. The number of amides is 2. The Morgan fingerprint density at radius 1 is 1.17 bits per heavy atom. The number of anilines is 2. The summed E-state index contributed by atoms with van der Waals surface area (Å²) >= 11 is 2.57. The summed E-state index contributed by atoms with van der Waals surface area (Å²) in [6.45, 7) is 0.729. The molecule has 1 N–H and O–H groups in total. The van der Waals surface area contributed by atoms with Crippen LogP contribution in [0.5, 0.6) is 5.75 Å². The van der Waals surface area contributed by atoms with Crippen molar-refractivity contribution in [1.29, 1.82) is 0 Å². The summed E-state index contributed by atoms with van der Waals surface area (Å²) in [7, 11) is 1.52. The summed E-state index contributed by atoms with van der Waals surface area (Å²) in [4.78, 5) is 27.1. The number of nitrogens with zero attached hydrogens (tertiary/aromatic N) is 3. The van der Waals surface area contributed by atoms with E-state index in [2.05, 4.69) is 21.6 Å². The van der Waals surface area contributed by atoms with Crippen LogP contribution in [0.1, 0.15) is 22.3 Å². The monoisotopic (exact) mass is 440 g/mol. The molecule has 1 aliphatic rings. The van der Waals surface area contributed by atoms with Crippen LogP contribution in [0.2, 0.25) is 0 Å². The number of aromatic nitrogens is 2. The molecule has 0 spiro atoms. The van der Waals surface area contributed by atoms with Crippen molar-refractivity contribution in [3.63, 3.8) is 0 Å². The second kappa shape index (κ2) is 9.27. The van der Waals surface area contributed by atoms with E-state index in [1.54, 1.807) is 24.3 Å². The molecule has 1 aliphatic heterocycles. The standard InChI is InChI=1S/C21H20N4O3S2/c1-28-17-11-5-3-9-15(17)19(27)22-20-23-24-21(30-20)29-13-18(26)25-12-6-8-14-7-2-4-10-16(14)25/h2-5,7,9-11H,6,8,12-13H2,1H3,(H,22,23,27). The lowest BCUT2D eigenvalue weighted by molar-refractivity contribution is -0.116. The average Bonchev–Trinajstić information content (AvgIpc) is 3.24.